The van der Waals surface area contributed by atoms with Crippen molar-refractivity contribution in [3.8, 4) is 0 Å². The van der Waals surface area contributed by atoms with E-state index in [0.717, 1.165) is 38.0 Å². The quantitative estimate of drug-likeness (QED) is 0.582. The molecule has 0 radical (unpaired) electrons. The van der Waals surface area contributed by atoms with E-state index >= 15 is 0 Å². The van der Waals surface area contributed by atoms with Crippen LogP contribution in [0.25, 0.3) is 0 Å². The predicted molar refractivity (Wildman–Crippen MR) is 116 cm³/mol. The van der Waals surface area contributed by atoms with Crippen LogP contribution in [0.2, 0.25) is 0 Å². The summed E-state index contributed by atoms with van der Waals surface area (Å²) in [5.74, 6) is 0. The van der Waals surface area contributed by atoms with Crippen molar-refractivity contribution in [3.05, 3.63) is 59.7 Å². The molecule has 0 saturated carbocycles. The van der Waals surface area contributed by atoms with Gasteiger partial charge in [-0.2, -0.15) is 0 Å². The molecule has 0 aliphatic carbocycles. The molecule has 0 fully saturated rings. The second kappa shape index (κ2) is 10.3. The van der Waals surface area contributed by atoms with Gasteiger partial charge in [0.1, 0.15) is 0 Å². The van der Waals surface area contributed by atoms with E-state index in [1.54, 1.807) is 24.3 Å². The monoisotopic (exact) mass is 438 g/mol. The van der Waals surface area contributed by atoms with Crippen LogP contribution in [-0.4, -0.2) is 41.4 Å². The number of nitrogens with zero attached hydrogens (tertiary/aromatic N) is 1. The first-order chi connectivity index (χ1) is 13.7. The van der Waals surface area contributed by atoms with Gasteiger partial charge in [0.25, 0.3) is 20.0 Å². The van der Waals surface area contributed by atoms with Crippen LogP contribution in [0, 0.1) is 0 Å². The highest BCUT2D eigenvalue weighted by Crippen LogP contribution is 2.23. The molecule has 0 spiro atoms. The topological polar surface area (TPSA) is 83.6 Å². The number of hydrogen-bond acceptors (Lipinski definition) is 5. The fourth-order valence-corrected chi connectivity index (χ4v) is 6.64. The molecule has 6 nitrogen and oxygen atoms in total. The van der Waals surface area contributed by atoms with Gasteiger partial charge in [-0.1, -0.05) is 51.1 Å². The third kappa shape index (κ3) is 6.12. The van der Waals surface area contributed by atoms with Crippen LogP contribution < -0.4 is 4.13 Å². The maximum atomic E-state index is 12.9. The Kier molecular flexibility index (Phi) is 8.39. The smallest absolute Gasteiger partial charge is 0.254 e. The van der Waals surface area contributed by atoms with E-state index in [1.807, 2.05) is 17.1 Å². The van der Waals surface area contributed by atoms with Crippen LogP contribution in [0.3, 0.4) is 0 Å². The molecular formula is C21H30N2O4S2. The molecule has 2 aromatic carbocycles. The summed E-state index contributed by atoms with van der Waals surface area (Å²) in [6.07, 6.45) is 2.16. The number of benzene rings is 2. The Morgan fingerprint density at radius 2 is 1.48 bits per heavy atom. The number of aryl methyl sites for hydroxylation is 1. The minimum atomic E-state index is -4.23. The summed E-state index contributed by atoms with van der Waals surface area (Å²) in [6.45, 7) is 9.02. The van der Waals surface area contributed by atoms with Gasteiger partial charge >= 0.3 is 0 Å². The number of rotatable bonds is 11. The van der Waals surface area contributed by atoms with E-state index in [2.05, 4.69) is 18.7 Å². The van der Waals surface area contributed by atoms with Gasteiger partial charge in [-0.25, -0.2) is 16.8 Å². The lowest BCUT2D eigenvalue weighted by atomic mass is 10.0. The summed E-state index contributed by atoms with van der Waals surface area (Å²) in [6, 6.07) is 12.6. The van der Waals surface area contributed by atoms with Gasteiger partial charge in [-0.05, 0) is 68.2 Å². The second-order valence-electron chi connectivity index (χ2n) is 6.78. The molecule has 0 saturated heterocycles. The van der Waals surface area contributed by atoms with Gasteiger partial charge in [0.2, 0.25) is 0 Å². The van der Waals surface area contributed by atoms with E-state index in [-0.39, 0.29) is 9.79 Å². The lowest BCUT2D eigenvalue weighted by Crippen LogP contribution is -2.31. The van der Waals surface area contributed by atoms with Crippen molar-refractivity contribution in [2.24, 2.45) is 0 Å². The largest absolute Gasteiger partial charge is 0.304 e. The predicted octanol–water partition coefficient (Wildman–Crippen LogP) is 3.19. The van der Waals surface area contributed by atoms with Crippen molar-refractivity contribution in [1.82, 2.24) is 9.03 Å². The average Bonchev–Trinajstić information content (AvgIpc) is 2.71. The Morgan fingerprint density at radius 3 is 2.07 bits per heavy atom. The summed E-state index contributed by atoms with van der Waals surface area (Å²) < 4.78 is 52.8. The second-order valence-corrected chi connectivity index (χ2v) is 10.4. The Balaban J connectivity index is 2.29. The highest BCUT2D eigenvalue weighted by molar-refractivity contribution is 8.04. The molecule has 8 heteroatoms. The Morgan fingerprint density at radius 1 is 0.828 bits per heavy atom. The number of sulfonamides is 2. The van der Waals surface area contributed by atoms with Crippen molar-refractivity contribution >= 4 is 20.0 Å². The van der Waals surface area contributed by atoms with Crippen LogP contribution in [0.15, 0.2) is 58.3 Å². The van der Waals surface area contributed by atoms with Crippen LogP contribution in [-0.2, 0) is 32.9 Å². The summed E-state index contributed by atoms with van der Waals surface area (Å²) in [5, 5.41) is 0. The van der Waals surface area contributed by atoms with Crippen molar-refractivity contribution in [1.29, 1.82) is 0 Å². The molecule has 1 N–H and O–H groups in total. The lowest BCUT2D eigenvalue weighted by molar-refractivity contribution is 0.300. The highest BCUT2D eigenvalue weighted by Gasteiger charge is 2.27. The third-order valence-corrected chi connectivity index (χ3v) is 8.57. The van der Waals surface area contributed by atoms with Crippen molar-refractivity contribution in [2.45, 2.75) is 49.8 Å². The summed E-state index contributed by atoms with van der Waals surface area (Å²) in [5.41, 5.74) is 1.61. The Bertz CT molecular complexity index is 1000. The number of hydrogen-bond donors (Lipinski definition) is 1. The van der Waals surface area contributed by atoms with Gasteiger partial charge < -0.3 is 4.90 Å². The number of nitrogens with one attached hydrogen (secondary N) is 1. The lowest BCUT2D eigenvalue weighted by Gasteiger charge is -2.19. The standard InChI is InChI=1S/C21H30N2O4S2/c1-4-20-18(13-11-17-23(5-2)6-3)12-10-16-21(20)29(26,27)22-28(24,25)19-14-8-7-9-15-19/h7-10,12,14-16,22H,4-6,11,13,17H2,1-3H3. The normalized spacial score (nSPS) is 12.4. The fraction of sp³-hybridized carbons (Fsp3) is 0.429. The van der Waals surface area contributed by atoms with E-state index in [1.165, 1.54) is 18.2 Å². The molecule has 2 rings (SSSR count). The minimum absolute atomic E-state index is 0.0276. The van der Waals surface area contributed by atoms with Gasteiger partial charge in [-0.15, -0.1) is 4.13 Å². The molecule has 0 aliphatic rings. The summed E-state index contributed by atoms with van der Waals surface area (Å²) in [7, 11) is -8.41. The van der Waals surface area contributed by atoms with Crippen molar-refractivity contribution in [3.63, 3.8) is 0 Å². The van der Waals surface area contributed by atoms with E-state index in [0.29, 0.717) is 12.0 Å². The molecule has 0 heterocycles. The first-order valence-electron chi connectivity index (χ1n) is 9.91. The van der Waals surface area contributed by atoms with Crippen LogP contribution in [0.1, 0.15) is 38.3 Å². The average molecular weight is 439 g/mol. The van der Waals surface area contributed by atoms with Crippen molar-refractivity contribution in [2.75, 3.05) is 19.6 Å². The van der Waals surface area contributed by atoms with Crippen LogP contribution in [0.4, 0.5) is 0 Å². The molecule has 0 bridgehead atoms. The van der Waals surface area contributed by atoms with Gasteiger partial charge in [0.15, 0.2) is 0 Å². The molecule has 0 atom stereocenters. The zero-order valence-electron chi connectivity index (χ0n) is 17.3. The maximum absolute atomic E-state index is 12.9. The first-order valence-corrected chi connectivity index (χ1v) is 12.9. The molecule has 0 unspecified atom stereocenters. The molecule has 0 aromatic heterocycles. The fourth-order valence-electron chi connectivity index (χ4n) is 3.37. The summed E-state index contributed by atoms with van der Waals surface area (Å²) >= 11 is 0. The third-order valence-electron chi connectivity index (χ3n) is 4.96. The maximum Gasteiger partial charge on any atom is 0.254 e. The van der Waals surface area contributed by atoms with Crippen LogP contribution in [0.5, 0.6) is 0 Å². The minimum Gasteiger partial charge on any atom is -0.304 e. The highest BCUT2D eigenvalue weighted by atomic mass is 32.3. The van der Waals surface area contributed by atoms with Gasteiger partial charge in [-0.3, -0.25) is 0 Å². The van der Waals surface area contributed by atoms with E-state index in [4.69, 9.17) is 0 Å². The van der Waals surface area contributed by atoms with Crippen LogP contribution >= 0.6 is 0 Å². The zero-order valence-corrected chi connectivity index (χ0v) is 18.9. The van der Waals surface area contributed by atoms with Gasteiger partial charge in [0, 0.05) is 0 Å². The molecule has 29 heavy (non-hydrogen) atoms. The Labute approximate surface area is 175 Å². The van der Waals surface area contributed by atoms with Crippen molar-refractivity contribution < 1.29 is 16.8 Å². The summed E-state index contributed by atoms with van der Waals surface area (Å²) in [4.78, 5) is 2.26. The van der Waals surface area contributed by atoms with E-state index in [9.17, 15) is 16.8 Å². The van der Waals surface area contributed by atoms with Gasteiger partial charge in [0.05, 0.1) is 9.79 Å². The molecule has 2 aromatic rings. The molecule has 160 valence electrons. The zero-order chi connectivity index (χ0) is 21.5. The Hall–Kier alpha value is -1.74. The van der Waals surface area contributed by atoms with E-state index < -0.39 is 20.0 Å². The molecule has 0 aliphatic heterocycles. The SMILES string of the molecule is CCc1c(CCCN(CC)CC)cccc1S(=O)(=O)NS(=O)(=O)c1ccccc1. The first kappa shape index (κ1) is 23.5. The molecular weight excluding hydrogens is 408 g/mol. The molecule has 0 amide bonds.